The Morgan fingerprint density at radius 1 is 1.43 bits per heavy atom. The Hall–Kier alpha value is -1.49. The van der Waals surface area contributed by atoms with E-state index in [1.54, 1.807) is 13.8 Å². The number of esters is 1. The second-order valence-corrected chi connectivity index (χ2v) is 3.35. The first-order valence-electron chi connectivity index (χ1n) is 4.08. The topological polar surface area (TPSA) is 72.3 Å². The van der Waals surface area contributed by atoms with Gasteiger partial charge >= 0.3 is 5.97 Å². The molecule has 0 fully saturated rings. The predicted octanol–water partition coefficient (Wildman–Crippen LogP) is 0.491. The minimum absolute atomic E-state index is 0.264. The lowest BCUT2D eigenvalue weighted by molar-refractivity contribution is 0.0590. The summed E-state index contributed by atoms with van der Waals surface area (Å²) in [6, 6.07) is 0. The Morgan fingerprint density at radius 3 is 2.29 bits per heavy atom. The van der Waals surface area contributed by atoms with Gasteiger partial charge in [-0.2, -0.15) is 0 Å². The summed E-state index contributed by atoms with van der Waals surface area (Å²) in [4.78, 5) is 18.7. The van der Waals surface area contributed by atoms with Gasteiger partial charge in [-0.3, -0.25) is 0 Å². The predicted molar refractivity (Wildman–Crippen MR) is 48.6 cm³/mol. The van der Waals surface area contributed by atoms with Crippen LogP contribution in [0.1, 0.15) is 30.0 Å². The van der Waals surface area contributed by atoms with E-state index in [1.807, 2.05) is 0 Å². The van der Waals surface area contributed by atoms with Crippen LogP contribution in [0.25, 0.3) is 0 Å². The maximum absolute atomic E-state index is 11.0. The molecule has 0 unspecified atom stereocenters. The van der Waals surface area contributed by atoms with Crippen molar-refractivity contribution in [3.05, 3.63) is 23.8 Å². The van der Waals surface area contributed by atoms with Gasteiger partial charge in [-0.1, -0.05) is 0 Å². The Kier molecular flexibility index (Phi) is 2.81. The molecule has 5 heteroatoms. The number of nitrogens with zero attached hydrogens (tertiary/aromatic N) is 2. The minimum Gasteiger partial charge on any atom is -0.465 e. The zero-order valence-corrected chi connectivity index (χ0v) is 8.31. The number of carbonyl (C=O) groups excluding carboxylic acids is 1. The fourth-order valence-electron chi connectivity index (χ4n) is 0.867. The van der Waals surface area contributed by atoms with Gasteiger partial charge in [0.2, 0.25) is 0 Å². The number of methoxy groups -OCH3 is 1. The number of ether oxygens (including phenoxy) is 1. The molecule has 1 aromatic rings. The van der Waals surface area contributed by atoms with E-state index in [9.17, 15) is 9.90 Å². The molecule has 0 aromatic carbocycles. The van der Waals surface area contributed by atoms with Gasteiger partial charge in [-0.15, -0.1) is 0 Å². The lowest BCUT2D eigenvalue weighted by atomic mass is 10.1. The van der Waals surface area contributed by atoms with Crippen LogP contribution in [0, 0.1) is 0 Å². The Bertz CT molecular complexity index is 327. The largest absolute Gasteiger partial charge is 0.465 e. The maximum atomic E-state index is 11.0. The van der Waals surface area contributed by atoms with Crippen molar-refractivity contribution in [2.24, 2.45) is 0 Å². The molecule has 1 heterocycles. The van der Waals surface area contributed by atoms with E-state index in [2.05, 4.69) is 14.7 Å². The van der Waals surface area contributed by atoms with Crippen LogP contribution in [0.4, 0.5) is 0 Å². The Morgan fingerprint density at radius 2 is 1.93 bits per heavy atom. The van der Waals surface area contributed by atoms with Gasteiger partial charge in [0, 0.05) is 12.4 Å². The Balaban J connectivity index is 2.95. The van der Waals surface area contributed by atoms with Crippen LogP contribution in [0.2, 0.25) is 0 Å². The number of hydrogen-bond donors (Lipinski definition) is 1. The molecule has 0 bridgehead atoms. The molecule has 0 radical (unpaired) electrons. The summed E-state index contributed by atoms with van der Waals surface area (Å²) in [5.74, 6) is -0.225. The van der Waals surface area contributed by atoms with Crippen molar-refractivity contribution in [2.75, 3.05) is 7.11 Å². The zero-order valence-electron chi connectivity index (χ0n) is 8.31. The lowest BCUT2D eigenvalue weighted by Crippen LogP contribution is -2.20. The molecule has 0 aliphatic carbocycles. The number of hydrogen-bond acceptors (Lipinski definition) is 5. The van der Waals surface area contributed by atoms with Crippen LogP contribution >= 0.6 is 0 Å². The van der Waals surface area contributed by atoms with E-state index in [0.717, 1.165) is 0 Å². The van der Waals surface area contributed by atoms with Crippen molar-refractivity contribution in [3.63, 3.8) is 0 Å². The standard InChI is InChI=1S/C9H12N2O3/c1-9(2,13)8-10-4-6(5-11-8)7(12)14-3/h4-5,13H,1-3H3. The molecule has 1 rings (SSSR count). The van der Waals surface area contributed by atoms with Gasteiger partial charge in [0.1, 0.15) is 5.60 Å². The third-order valence-corrected chi connectivity index (χ3v) is 1.62. The third-order valence-electron chi connectivity index (χ3n) is 1.62. The fourth-order valence-corrected chi connectivity index (χ4v) is 0.867. The van der Waals surface area contributed by atoms with E-state index < -0.39 is 11.6 Å². The van der Waals surface area contributed by atoms with E-state index in [4.69, 9.17) is 0 Å². The zero-order chi connectivity index (χ0) is 10.8. The van der Waals surface area contributed by atoms with Crippen molar-refractivity contribution in [3.8, 4) is 0 Å². The van der Waals surface area contributed by atoms with E-state index in [1.165, 1.54) is 19.5 Å². The molecule has 0 aliphatic heterocycles. The quantitative estimate of drug-likeness (QED) is 0.697. The first-order chi connectivity index (χ1) is 6.45. The van der Waals surface area contributed by atoms with Crippen molar-refractivity contribution in [2.45, 2.75) is 19.4 Å². The van der Waals surface area contributed by atoms with Gasteiger partial charge in [0.15, 0.2) is 5.82 Å². The molecule has 1 N–H and O–H groups in total. The van der Waals surface area contributed by atoms with Crippen LogP contribution in [0.3, 0.4) is 0 Å². The van der Waals surface area contributed by atoms with Gasteiger partial charge in [-0.25, -0.2) is 14.8 Å². The molecule has 0 atom stereocenters. The number of aromatic nitrogens is 2. The summed E-state index contributed by atoms with van der Waals surface area (Å²) in [6.45, 7) is 3.14. The molecule has 14 heavy (non-hydrogen) atoms. The summed E-state index contributed by atoms with van der Waals surface area (Å²) in [5.41, 5.74) is -0.838. The number of carbonyl (C=O) groups is 1. The molecule has 0 saturated heterocycles. The fraction of sp³-hybridized carbons (Fsp3) is 0.444. The summed E-state index contributed by atoms with van der Waals surface area (Å²) in [7, 11) is 1.28. The summed E-state index contributed by atoms with van der Waals surface area (Å²) < 4.78 is 4.48. The molecule has 5 nitrogen and oxygen atoms in total. The smallest absolute Gasteiger partial charge is 0.341 e. The SMILES string of the molecule is COC(=O)c1cnc(C(C)(C)O)nc1. The van der Waals surface area contributed by atoms with Crippen LogP contribution < -0.4 is 0 Å². The molecule has 0 amide bonds. The summed E-state index contributed by atoms with van der Waals surface area (Å²) in [6.07, 6.45) is 2.65. The van der Waals surface area contributed by atoms with E-state index in [-0.39, 0.29) is 11.4 Å². The lowest BCUT2D eigenvalue weighted by Gasteiger charge is -2.14. The highest BCUT2D eigenvalue weighted by Gasteiger charge is 2.19. The van der Waals surface area contributed by atoms with Crippen molar-refractivity contribution in [1.82, 2.24) is 9.97 Å². The molecular weight excluding hydrogens is 184 g/mol. The van der Waals surface area contributed by atoms with E-state index in [0.29, 0.717) is 0 Å². The van der Waals surface area contributed by atoms with Crippen molar-refractivity contribution < 1.29 is 14.6 Å². The first kappa shape index (κ1) is 10.6. The molecule has 76 valence electrons. The second kappa shape index (κ2) is 3.71. The monoisotopic (exact) mass is 196 g/mol. The molecule has 1 aromatic heterocycles. The summed E-state index contributed by atoms with van der Waals surface area (Å²) in [5, 5.41) is 9.53. The highest BCUT2D eigenvalue weighted by molar-refractivity contribution is 5.88. The van der Waals surface area contributed by atoms with Crippen molar-refractivity contribution in [1.29, 1.82) is 0 Å². The van der Waals surface area contributed by atoms with Crippen LogP contribution in [-0.4, -0.2) is 28.2 Å². The molecular formula is C9H12N2O3. The third kappa shape index (κ3) is 2.26. The number of rotatable bonds is 2. The minimum atomic E-state index is -1.10. The second-order valence-electron chi connectivity index (χ2n) is 3.35. The number of aliphatic hydroxyl groups is 1. The van der Waals surface area contributed by atoms with Gasteiger partial charge in [0.25, 0.3) is 0 Å². The van der Waals surface area contributed by atoms with Crippen LogP contribution in [0.5, 0.6) is 0 Å². The molecule has 0 saturated carbocycles. The van der Waals surface area contributed by atoms with Crippen LogP contribution in [-0.2, 0) is 10.3 Å². The van der Waals surface area contributed by atoms with Gasteiger partial charge < -0.3 is 9.84 Å². The highest BCUT2D eigenvalue weighted by atomic mass is 16.5. The average molecular weight is 196 g/mol. The Labute approximate surface area is 81.8 Å². The van der Waals surface area contributed by atoms with Crippen LogP contribution in [0.15, 0.2) is 12.4 Å². The van der Waals surface area contributed by atoms with Gasteiger partial charge in [0.05, 0.1) is 12.7 Å². The molecule has 0 aliphatic rings. The van der Waals surface area contributed by atoms with Gasteiger partial charge in [-0.05, 0) is 13.8 Å². The first-order valence-corrected chi connectivity index (χ1v) is 4.08. The normalized spacial score (nSPS) is 11.1. The molecule has 0 spiro atoms. The van der Waals surface area contributed by atoms with E-state index >= 15 is 0 Å². The highest BCUT2D eigenvalue weighted by Crippen LogP contribution is 2.14. The van der Waals surface area contributed by atoms with Crippen molar-refractivity contribution >= 4 is 5.97 Å². The maximum Gasteiger partial charge on any atom is 0.341 e. The average Bonchev–Trinajstić information content (AvgIpc) is 2.15. The summed E-state index contributed by atoms with van der Waals surface area (Å²) >= 11 is 0.